The molecule has 0 radical (unpaired) electrons. The van der Waals surface area contributed by atoms with Crippen LogP contribution in [-0.4, -0.2) is 11.7 Å². The van der Waals surface area contributed by atoms with Crippen molar-refractivity contribution in [1.29, 1.82) is 0 Å². The molecular weight excluding hydrogens is 283 g/mol. The van der Waals surface area contributed by atoms with Gasteiger partial charge in [0.25, 0.3) is 0 Å². The number of amides is 1. The first-order valence-electron chi connectivity index (χ1n) is 6.32. The maximum atomic E-state index is 12.8. The summed E-state index contributed by atoms with van der Waals surface area (Å²) in [6.45, 7) is 8.51. The predicted octanol–water partition coefficient (Wildman–Crippen LogP) is 4.37. The minimum Gasteiger partial charge on any atom is -0.444 e. The van der Waals surface area contributed by atoms with Crippen LogP contribution in [0, 0.1) is 0 Å². The van der Waals surface area contributed by atoms with Crippen molar-refractivity contribution in [1.82, 2.24) is 5.32 Å². The van der Waals surface area contributed by atoms with E-state index in [9.17, 15) is 18.0 Å². The van der Waals surface area contributed by atoms with Gasteiger partial charge in [-0.2, -0.15) is 13.2 Å². The van der Waals surface area contributed by atoms with Crippen LogP contribution >= 0.6 is 0 Å². The Bertz CT molecular complexity index is 531. The normalized spacial score (nSPS) is 11.9. The molecule has 1 N–H and O–H groups in total. The van der Waals surface area contributed by atoms with E-state index >= 15 is 0 Å². The van der Waals surface area contributed by atoms with Crippen LogP contribution in [0.15, 0.2) is 24.8 Å². The van der Waals surface area contributed by atoms with E-state index in [1.165, 1.54) is 12.1 Å². The van der Waals surface area contributed by atoms with Gasteiger partial charge in [0.05, 0.1) is 5.56 Å². The van der Waals surface area contributed by atoms with Gasteiger partial charge in [0.1, 0.15) is 5.60 Å². The zero-order chi connectivity index (χ0) is 16.3. The summed E-state index contributed by atoms with van der Waals surface area (Å²) in [6.07, 6.45) is -3.80. The van der Waals surface area contributed by atoms with Gasteiger partial charge in [0.15, 0.2) is 0 Å². The van der Waals surface area contributed by atoms with Crippen molar-refractivity contribution in [3.8, 4) is 0 Å². The van der Waals surface area contributed by atoms with Crippen LogP contribution in [0.2, 0.25) is 0 Å². The first kappa shape index (κ1) is 17.1. The minimum absolute atomic E-state index is 0.0559. The van der Waals surface area contributed by atoms with Gasteiger partial charge in [-0.3, -0.25) is 0 Å². The average molecular weight is 301 g/mol. The first-order chi connectivity index (χ1) is 9.51. The van der Waals surface area contributed by atoms with Gasteiger partial charge in [-0.25, -0.2) is 4.79 Å². The number of hydrogen-bond donors (Lipinski definition) is 1. The van der Waals surface area contributed by atoms with Gasteiger partial charge in [0.2, 0.25) is 0 Å². The summed E-state index contributed by atoms with van der Waals surface area (Å²) in [5, 5.41) is 2.42. The molecule has 1 aromatic rings. The molecule has 6 heteroatoms. The number of ether oxygens (including phenoxy) is 1. The molecule has 21 heavy (non-hydrogen) atoms. The Labute approximate surface area is 121 Å². The molecule has 3 nitrogen and oxygen atoms in total. The second-order valence-corrected chi connectivity index (χ2v) is 5.52. The number of halogens is 3. The van der Waals surface area contributed by atoms with E-state index in [-0.39, 0.29) is 6.54 Å². The van der Waals surface area contributed by atoms with Crippen LogP contribution in [0.5, 0.6) is 0 Å². The van der Waals surface area contributed by atoms with Gasteiger partial charge in [0, 0.05) is 6.54 Å². The number of carbonyl (C=O) groups excluding carboxylic acids is 1. The maximum absolute atomic E-state index is 12.8. The molecule has 0 spiro atoms. The number of alkyl carbamates (subject to hydrolysis) is 1. The summed E-state index contributed by atoms with van der Waals surface area (Å²) < 4.78 is 43.3. The number of carbonyl (C=O) groups is 1. The van der Waals surface area contributed by atoms with Crippen molar-refractivity contribution in [3.63, 3.8) is 0 Å². The van der Waals surface area contributed by atoms with E-state index in [1.54, 1.807) is 20.8 Å². The van der Waals surface area contributed by atoms with Crippen molar-refractivity contribution in [2.75, 3.05) is 0 Å². The molecule has 0 aromatic heterocycles. The van der Waals surface area contributed by atoms with Gasteiger partial charge < -0.3 is 10.1 Å². The monoisotopic (exact) mass is 301 g/mol. The van der Waals surface area contributed by atoms with Crippen molar-refractivity contribution in [2.24, 2.45) is 0 Å². The number of rotatable bonds is 3. The molecule has 0 aliphatic heterocycles. The topological polar surface area (TPSA) is 38.3 Å². The molecule has 0 fully saturated rings. The molecule has 0 saturated carbocycles. The highest BCUT2D eigenvalue weighted by Crippen LogP contribution is 2.31. The van der Waals surface area contributed by atoms with Gasteiger partial charge in [-0.15, -0.1) is 0 Å². The predicted molar refractivity (Wildman–Crippen MR) is 74.6 cm³/mol. The highest BCUT2D eigenvalue weighted by Gasteiger charge is 2.31. The maximum Gasteiger partial charge on any atom is 0.416 e. The highest BCUT2D eigenvalue weighted by atomic mass is 19.4. The molecule has 1 aromatic carbocycles. The van der Waals surface area contributed by atoms with E-state index in [2.05, 4.69) is 11.9 Å². The van der Waals surface area contributed by atoms with Gasteiger partial charge >= 0.3 is 12.3 Å². The molecule has 0 atom stereocenters. The van der Waals surface area contributed by atoms with Crippen LogP contribution in [-0.2, 0) is 17.5 Å². The fourth-order valence-corrected chi connectivity index (χ4v) is 1.59. The lowest BCUT2D eigenvalue weighted by Gasteiger charge is -2.20. The van der Waals surface area contributed by atoms with Gasteiger partial charge in [-0.05, 0) is 50.1 Å². The summed E-state index contributed by atoms with van der Waals surface area (Å²) in [7, 11) is 0. The van der Waals surface area contributed by atoms with E-state index in [4.69, 9.17) is 4.74 Å². The molecule has 0 aliphatic carbocycles. The molecule has 1 amide bonds. The Hall–Kier alpha value is -1.98. The Morgan fingerprint density at radius 3 is 2.38 bits per heavy atom. The summed E-state index contributed by atoms with van der Waals surface area (Å²) in [4.78, 5) is 11.5. The fourth-order valence-electron chi connectivity index (χ4n) is 1.59. The smallest absolute Gasteiger partial charge is 0.416 e. The third kappa shape index (κ3) is 5.89. The molecule has 0 heterocycles. The van der Waals surface area contributed by atoms with Crippen molar-refractivity contribution < 1.29 is 22.7 Å². The standard InChI is InChI=1S/C15H18F3NO2/c1-5-10-6-11(8-12(7-10)15(16,17)18)9-19-13(20)21-14(2,3)4/h5-8H,1,9H2,2-4H3,(H,19,20). The quantitative estimate of drug-likeness (QED) is 0.900. The zero-order valence-corrected chi connectivity index (χ0v) is 12.2. The average Bonchev–Trinajstić information content (AvgIpc) is 2.33. The Morgan fingerprint density at radius 1 is 1.29 bits per heavy atom. The van der Waals surface area contributed by atoms with Gasteiger partial charge in [-0.1, -0.05) is 12.7 Å². The molecule has 0 bridgehead atoms. The summed E-state index contributed by atoms with van der Waals surface area (Å²) in [5.74, 6) is 0. The molecule has 116 valence electrons. The van der Waals surface area contributed by atoms with E-state index in [1.807, 2.05) is 0 Å². The largest absolute Gasteiger partial charge is 0.444 e. The van der Waals surface area contributed by atoms with Crippen LogP contribution in [0.25, 0.3) is 6.08 Å². The molecule has 0 saturated heterocycles. The van der Waals surface area contributed by atoms with Crippen LogP contribution in [0.3, 0.4) is 0 Å². The van der Waals surface area contributed by atoms with Crippen molar-refractivity contribution in [2.45, 2.75) is 39.1 Å². The second kappa shape index (κ2) is 6.20. The van der Waals surface area contributed by atoms with E-state index in [0.717, 1.165) is 12.1 Å². The minimum atomic E-state index is -4.44. The zero-order valence-electron chi connectivity index (χ0n) is 12.2. The highest BCUT2D eigenvalue weighted by molar-refractivity contribution is 5.67. The van der Waals surface area contributed by atoms with Crippen molar-refractivity contribution in [3.05, 3.63) is 41.5 Å². The van der Waals surface area contributed by atoms with Crippen LogP contribution in [0.4, 0.5) is 18.0 Å². The number of alkyl halides is 3. The first-order valence-corrected chi connectivity index (χ1v) is 6.32. The summed E-state index contributed by atoms with van der Waals surface area (Å²) in [5.41, 5.74) is -0.776. The van der Waals surface area contributed by atoms with E-state index < -0.39 is 23.4 Å². The molecule has 0 unspecified atom stereocenters. The number of benzene rings is 1. The lowest BCUT2D eigenvalue weighted by molar-refractivity contribution is -0.137. The number of nitrogens with one attached hydrogen (secondary N) is 1. The third-order valence-electron chi connectivity index (χ3n) is 2.41. The Kier molecular flexibility index (Phi) is 5.04. The summed E-state index contributed by atoms with van der Waals surface area (Å²) >= 11 is 0. The summed E-state index contributed by atoms with van der Waals surface area (Å²) in [6, 6.07) is 3.52. The SMILES string of the molecule is C=Cc1cc(CNC(=O)OC(C)(C)C)cc(C(F)(F)F)c1. The van der Waals surface area contributed by atoms with Crippen LogP contribution in [0.1, 0.15) is 37.5 Å². The molecule has 1 rings (SSSR count). The van der Waals surface area contributed by atoms with Crippen LogP contribution < -0.4 is 5.32 Å². The molecular formula is C15H18F3NO2. The second-order valence-electron chi connectivity index (χ2n) is 5.52. The lowest BCUT2D eigenvalue weighted by Crippen LogP contribution is -2.32. The third-order valence-corrected chi connectivity index (χ3v) is 2.41. The fraction of sp³-hybridized carbons (Fsp3) is 0.400. The lowest BCUT2D eigenvalue weighted by atomic mass is 10.1. The molecule has 0 aliphatic rings. The number of hydrogen-bond acceptors (Lipinski definition) is 2. The Balaban J connectivity index is 2.84. The van der Waals surface area contributed by atoms with Crippen molar-refractivity contribution >= 4 is 12.2 Å². The van der Waals surface area contributed by atoms with E-state index in [0.29, 0.717) is 11.1 Å². The Morgan fingerprint density at radius 2 is 1.90 bits per heavy atom.